The average molecular weight is 245 g/mol. The van der Waals surface area contributed by atoms with E-state index in [1.807, 2.05) is 41.8 Å². The second-order valence-electron chi connectivity index (χ2n) is 3.82. The number of para-hydroxylation sites is 1. The van der Waals surface area contributed by atoms with E-state index in [4.69, 9.17) is 0 Å². The molecule has 0 saturated heterocycles. The number of hydrogen-bond acceptors (Lipinski definition) is 2. The summed E-state index contributed by atoms with van der Waals surface area (Å²) in [6.07, 6.45) is 1.38. The summed E-state index contributed by atoms with van der Waals surface area (Å²) in [4.78, 5) is 12.9. The van der Waals surface area contributed by atoms with Gasteiger partial charge in [0.25, 0.3) is 0 Å². The highest BCUT2D eigenvalue weighted by Crippen LogP contribution is 2.16. The Kier molecular flexibility index (Phi) is 3.94. The average Bonchev–Trinajstić information content (AvgIpc) is 2.82. The van der Waals surface area contributed by atoms with Gasteiger partial charge in [-0.15, -0.1) is 11.3 Å². The summed E-state index contributed by atoms with van der Waals surface area (Å²) >= 11 is 1.61. The van der Waals surface area contributed by atoms with Crippen LogP contribution >= 0.6 is 11.3 Å². The summed E-state index contributed by atoms with van der Waals surface area (Å²) in [6.45, 7) is 2.09. The van der Waals surface area contributed by atoms with Crippen LogP contribution in [0.1, 0.15) is 17.4 Å². The molecule has 0 fully saturated rings. The molecular formula is C14H15NOS. The smallest absolute Gasteiger partial charge is 0.229 e. The molecule has 2 nitrogen and oxygen atoms in total. The van der Waals surface area contributed by atoms with Crippen molar-refractivity contribution in [3.8, 4) is 0 Å². The van der Waals surface area contributed by atoms with E-state index in [0.29, 0.717) is 6.42 Å². The van der Waals surface area contributed by atoms with Gasteiger partial charge in [-0.05, 0) is 29.5 Å². The molecule has 0 radical (unpaired) electrons. The molecule has 2 rings (SSSR count). The number of thiophene rings is 1. The maximum absolute atomic E-state index is 11.8. The second-order valence-corrected chi connectivity index (χ2v) is 4.85. The Morgan fingerprint density at radius 1 is 1.24 bits per heavy atom. The Labute approximate surface area is 105 Å². The normalized spacial score (nSPS) is 10.2. The van der Waals surface area contributed by atoms with Gasteiger partial charge in [0.15, 0.2) is 0 Å². The quantitative estimate of drug-likeness (QED) is 0.877. The van der Waals surface area contributed by atoms with Gasteiger partial charge in [0, 0.05) is 10.6 Å². The van der Waals surface area contributed by atoms with Gasteiger partial charge in [-0.25, -0.2) is 0 Å². The third-order valence-electron chi connectivity index (χ3n) is 2.59. The lowest BCUT2D eigenvalue weighted by Gasteiger charge is -2.08. The molecule has 1 N–H and O–H groups in total. The molecule has 88 valence electrons. The number of rotatable bonds is 4. The van der Waals surface area contributed by atoms with Gasteiger partial charge in [-0.2, -0.15) is 0 Å². The SMILES string of the molecule is CCc1ccccc1NC(=O)Cc1cccs1. The first-order valence-corrected chi connectivity index (χ1v) is 6.57. The first-order valence-electron chi connectivity index (χ1n) is 5.69. The molecule has 0 aliphatic carbocycles. The third kappa shape index (κ3) is 3.17. The molecule has 0 bridgehead atoms. The number of hydrogen-bond donors (Lipinski definition) is 1. The standard InChI is InChI=1S/C14H15NOS/c1-2-11-6-3-4-8-13(11)15-14(16)10-12-7-5-9-17-12/h3-9H,2,10H2,1H3,(H,15,16). The van der Waals surface area contributed by atoms with Crippen molar-refractivity contribution >= 4 is 22.9 Å². The topological polar surface area (TPSA) is 29.1 Å². The van der Waals surface area contributed by atoms with Gasteiger partial charge < -0.3 is 5.32 Å². The van der Waals surface area contributed by atoms with E-state index in [1.165, 1.54) is 5.56 Å². The van der Waals surface area contributed by atoms with Gasteiger partial charge in [0.2, 0.25) is 5.91 Å². The van der Waals surface area contributed by atoms with Crippen LogP contribution in [0.4, 0.5) is 5.69 Å². The van der Waals surface area contributed by atoms with Gasteiger partial charge in [0.05, 0.1) is 6.42 Å². The lowest BCUT2D eigenvalue weighted by atomic mass is 10.1. The zero-order chi connectivity index (χ0) is 12.1. The molecule has 0 unspecified atom stereocenters. The number of carbonyl (C=O) groups is 1. The van der Waals surface area contributed by atoms with Gasteiger partial charge in [-0.1, -0.05) is 31.2 Å². The predicted octanol–water partition coefficient (Wildman–Crippen LogP) is 3.49. The number of amides is 1. The highest BCUT2D eigenvalue weighted by atomic mass is 32.1. The van der Waals surface area contributed by atoms with Crippen LogP contribution in [0.5, 0.6) is 0 Å². The van der Waals surface area contributed by atoms with Crippen molar-refractivity contribution in [2.24, 2.45) is 0 Å². The van der Waals surface area contributed by atoms with E-state index in [-0.39, 0.29) is 5.91 Å². The Balaban J connectivity index is 2.03. The molecule has 0 aliphatic rings. The zero-order valence-corrected chi connectivity index (χ0v) is 10.6. The maximum atomic E-state index is 11.8. The molecule has 0 saturated carbocycles. The fourth-order valence-electron chi connectivity index (χ4n) is 1.72. The summed E-state index contributed by atoms with van der Waals surface area (Å²) in [7, 11) is 0. The third-order valence-corrected chi connectivity index (χ3v) is 3.46. The van der Waals surface area contributed by atoms with Crippen LogP contribution in [0.25, 0.3) is 0 Å². The molecule has 3 heteroatoms. The molecule has 0 atom stereocenters. The summed E-state index contributed by atoms with van der Waals surface area (Å²) in [5.74, 6) is 0.0494. The highest BCUT2D eigenvalue weighted by Gasteiger charge is 2.06. The Bertz CT molecular complexity index is 491. The van der Waals surface area contributed by atoms with Crippen molar-refractivity contribution in [1.82, 2.24) is 0 Å². The molecule has 17 heavy (non-hydrogen) atoms. The van der Waals surface area contributed by atoms with Crippen LogP contribution in [0.2, 0.25) is 0 Å². The summed E-state index contributed by atoms with van der Waals surface area (Å²) in [6, 6.07) is 11.9. The number of carbonyl (C=O) groups excluding carboxylic acids is 1. The highest BCUT2D eigenvalue weighted by molar-refractivity contribution is 7.10. The van der Waals surface area contributed by atoms with Crippen molar-refractivity contribution < 1.29 is 4.79 Å². The maximum Gasteiger partial charge on any atom is 0.229 e. The second kappa shape index (κ2) is 5.64. The lowest BCUT2D eigenvalue weighted by Crippen LogP contribution is -2.14. The molecule has 1 heterocycles. The summed E-state index contributed by atoms with van der Waals surface area (Å²) in [5.41, 5.74) is 2.10. The van der Waals surface area contributed by atoms with E-state index in [0.717, 1.165) is 17.0 Å². The van der Waals surface area contributed by atoms with Crippen molar-refractivity contribution in [2.75, 3.05) is 5.32 Å². The van der Waals surface area contributed by atoms with Crippen LogP contribution in [-0.2, 0) is 17.6 Å². The van der Waals surface area contributed by atoms with Crippen molar-refractivity contribution in [1.29, 1.82) is 0 Å². The minimum atomic E-state index is 0.0494. The fraction of sp³-hybridized carbons (Fsp3) is 0.214. The van der Waals surface area contributed by atoms with Crippen LogP contribution in [0.15, 0.2) is 41.8 Å². The Hall–Kier alpha value is -1.61. The monoisotopic (exact) mass is 245 g/mol. The number of nitrogens with one attached hydrogen (secondary N) is 1. The fourth-order valence-corrected chi connectivity index (χ4v) is 2.42. The Morgan fingerprint density at radius 3 is 2.76 bits per heavy atom. The summed E-state index contributed by atoms with van der Waals surface area (Å²) < 4.78 is 0. The van der Waals surface area contributed by atoms with E-state index in [9.17, 15) is 4.79 Å². The molecule has 0 aliphatic heterocycles. The molecule has 2 aromatic rings. The Morgan fingerprint density at radius 2 is 2.06 bits per heavy atom. The minimum Gasteiger partial charge on any atom is -0.326 e. The largest absolute Gasteiger partial charge is 0.326 e. The number of anilines is 1. The van der Waals surface area contributed by atoms with E-state index in [2.05, 4.69) is 12.2 Å². The van der Waals surface area contributed by atoms with E-state index in [1.54, 1.807) is 11.3 Å². The van der Waals surface area contributed by atoms with Crippen molar-refractivity contribution in [3.63, 3.8) is 0 Å². The van der Waals surface area contributed by atoms with Gasteiger partial charge >= 0.3 is 0 Å². The number of aryl methyl sites for hydroxylation is 1. The van der Waals surface area contributed by atoms with Crippen LogP contribution < -0.4 is 5.32 Å². The van der Waals surface area contributed by atoms with Crippen LogP contribution in [-0.4, -0.2) is 5.91 Å². The first kappa shape index (κ1) is 11.9. The zero-order valence-electron chi connectivity index (χ0n) is 9.77. The lowest BCUT2D eigenvalue weighted by molar-refractivity contribution is -0.115. The summed E-state index contributed by atoms with van der Waals surface area (Å²) in [5, 5.41) is 4.96. The van der Waals surface area contributed by atoms with Crippen LogP contribution in [0.3, 0.4) is 0 Å². The van der Waals surface area contributed by atoms with E-state index >= 15 is 0 Å². The predicted molar refractivity (Wildman–Crippen MR) is 72.5 cm³/mol. The van der Waals surface area contributed by atoms with Gasteiger partial charge in [0.1, 0.15) is 0 Å². The van der Waals surface area contributed by atoms with Crippen molar-refractivity contribution in [2.45, 2.75) is 19.8 Å². The molecular weight excluding hydrogens is 230 g/mol. The van der Waals surface area contributed by atoms with Crippen LogP contribution in [0, 0.1) is 0 Å². The minimum absolute atomic E-state index is 0.0494. The van der Waals surface area contributed by atoms with Crippen molar-refractivity contribution in [3.05, 3.63) is 52.2 Å². The molecule has 1 aromatic carbocycles. The molecule has 1 aromatic heterocycles. The molecule has 1 amide bonds. The number of benzene rings is 1. The molecule has 0 spiro atoms. The van der Waals surface area contributed by atoms with E-state index < -0.39 is 0 Å². The van der Waals surface area contributed by atoms with Gasteiger partial charge in [-0.3, -0.25) is 4.79 Å². The first-order chi connectivity index (χ1) is 8.29.